The Kier molecular flexibility index (Phi) is 6.04. The van der Waals surface area contributed by atoms with Crippen LogP contribution >= 0.6 is 11.5 Å². The molecule has 1 aliphatic heterocycles. The molecular formula is C20H26N8S. The fraction of sp³-hybridized carbons (Fsp3) is 0.400. The first-order valence-corrected chi connectivity index (χ1v) is 10.7. The van der Waals surface area contributed by atoms with Gasteiger partial charge in [-0.05, 0) is 18.2 Å². The second kappa shape index (κ2) is 9.04. The number of hydrogen-bond donors (Lipinski definition) is 1. The van der Waals surface area contributed by atoms with Gasteiger partial charge in [-0.1, -0.05) is 25.1 Å². The zero-order valence-corrected chi connectivity index (χ0v) is 17.6. The van der Waals surface area contributed by atoms with Crippen LogP contribution in [0.15, 0.2) is 47.6 Å². The van der Waals surface area contributed by atoms with Crippen molar-refractivity contribution >= 4 is 22.6 Å². The van der Waals surface area contributed by atoms with Gasteiger partial charge in [0.15, 0.2) is 5.96 Å². The van der Waals surface area contributed by atoms with E-state index in [4.69, 9.17) is 0 Å². The van der Waals surface area contributed by atoms with Crippen molar-refractivity contribution in [2.24, 2.45) is 4.99 Å². The lowest BCUT2D eigenvalue weighted by atomic mass is 10.3. The van der Waals surface area contributed by atoms with E-state index < -0.39 is 0 Å². The molecule has 9 heteroatoms. The molecule has 1 aliphatic rings. The molecule has 0 spiro atoms. The van der Waals surface area contributed by atoms with Crippen molar-refractivity contribution < 1.29 is 0 Å². The van der Waals surface area contributed by atoms with Crippen molar-refractivity contribution in [3.8, 4) is 5.69 Å². The van der Waals surface area contributed by atoms with Crippen molar-refractivity contribution in [3.63, 3.8) is 0 Å². The Hall–Kier alpha value is -2.94. The normalized spacial score (nSPS) is 15.0. The Morgan fingerprint density at radius 3 is 2.62 bits per heavy atom. The standard InChI is InChI=1S/C20H26N8S/c1-3-18-23-20(29-25-18)27-13-11-26(12-14-27)19(21-2)22-15-16-9-10-28(24-16)17-7-5-4-6-8-17/h4-10H,3,11-15H2,1-2H3,(H,21,22). The minimum Gasteiger partial charge on any atom is -0.351 e. The average molecular weight is 411 g/mol. The molecule has 1 fully saturated rings. The van der Waals surface area contributed by atoms with E-state index in [2.05, 4.69) is 41.5 Å². The minimum absolute atomic E-state index is 0.642. The number of nitrogens with zero attached hydrogens (tertiary/aromatic N) is 7. The molecule has 3 heterocycles. The van der Waals surface area contributed by atoms with Gasteiger partial charge in [0.1, 0.15) is 5.82 Å². The molecule has 3 aromatic rings. The summed E-state index contributed by atoms with van der Waals surface area (Å²) in [6, 6.07) is 12.2. The van der Waals surface area contributed by atoms with E-state index >= 15 is 0 Å². The van der Waals surface area contributed by atoms with Gasteiger partial charge in [0.05, 0.1) is 17.9 Å². The first-order chi connectivity index (χ1) is 14.3. The van der Waals surface area contributed by atoms with Gasteiger partial charge in [-0.3, -0.25) is 4.99 Å². The van der Waals surface area contributed by atoms with Crippen LogP contribution in [0.1, 0.15) is 18.4 Å². The molecule has 29 heavy (non-hydrogen) atoms. The first kappa shape index (κ1) is 19.4. The van der Waals surface area contributed by atoms with E-state index in [0.717, 1.165) is 60.9 Å². The molecule has 1 saturated heterocycles. The zero-order chi connectivity index (χ0) is 20.1. The third kappa shape index (κ3) is 4.56. The number of rotatable bonds is 5. The molecule has 0 saturated carbocycles. The van der Waals surface area contributed by atoms with Crippen LogP contribution in [0.4, 0.5) is 5.13 Å². The molecule has 0 bridgehead atoms. The number of aliphatic imine (C=N–C) groups is 1. The number of aryl methyl sites for hydroxylation is 1. The van der Waals surface area contributed by atoms with Crippen LogP contribution in [-0.2, 0) is 13.0 Å². The van der Waals surface area contributed by atoms with Gasteiger partial charge >= 0.3 is 0 Å². The highest BCUT2D eigenvalue weighted by molar-refractivity contribution is 7.09. The molecule has 4 rings (SSSR count). The van der Waals surface area contributed by atoms with E-state index in [-0.39, 0.29) is 0 Å². The third-order valence-corrected chi connectivity index (χ3v) is 5.74. The Balaban J connectivity index is 1.31. The molecule has 0 radical (unpaired) electrons. The van der Waals surface area contributed by atoms with Gasteiger partial charge in [0, 0.05) is 57.4 Å². The van der Waals surface area contributed by atoms with Crippen LogP contribution in [-0.4, -0.2) is 63.2 Å². The van der Waals surface area contributed by atoms with Gasteiger partial charge < -0.3 is 15.1 Å². The fourth-order valence-corrected chi connectivity index (χ4v) is 4.11. The molecule has 1 N–H and O–H groups in total. The summed E-state index contributed by atoms with van der Waals surface area (Å²) < 4.78 is 6.29. The van der Waals surface area contributed by atoms with Gasteiger partial charge in [-0.25, -0.2) is 9.67 Å². The first-order valence-electron chi connectivity index (χ1n) is 9.90. The lowest BCUT2D eigenvalue weighted by Crippen LogP contribution is -2.52. The molecule has 1 aromatic carbocycles. The zero-order valence-electron chi connectivity index (χ0n) is 16.8. The van der Waals surface area contributed by atoms with Gasteiger partial charge in [0.2, 0.25) is 5.13 Å². The Morgan fingerprint density at radius 1 is 1.14 bits per heavy atom. The second-order valence-electron chi connectivity index (χ2n) is 6.81. The SMILES string of the molecule is CCc1nsc(N2CCN(C(=NC)NCc3ccn(-c4ccccc4)n3)CC2)n1. The predicted octanol–water partition coefficient (Wildman–Crippen LogP) is 2.18. The van der Waals surface area contributed by atoms with E-state index in [1.165, 1.54) is 11.5 Å². The number of piperazine rings is 1. The molecule has 0 unspecified atom stereocenters. The number of benzene rings is 1. The van der Waals surface area contributed by atoms with Crippen LogP contribution in [0.3, 0.4) is 0 Å². The lowest BCUT2D eigenvalue weighted by molar-refractivity contribution is 0.372. The van der Waals surface area contributed by atoms with E-state index in [9.17, 15) is 0 Å². The summed E-state index contributed by atoms with van der Waals surface area (Å²) in [7, 11) is 1.83. The quantitative estimate of drug-likeness (QED) is 0.513. The minimum atomic E-state index is 0.642. The smallest absolute Gasteiger partial charge is 0.205 e. The van der Waals surface area contributed by atoms with E-state index in [0.29, 0.717) is 6.54 Å². The van der Waals surface area contributed by atoms with Crippen LogP contribution in [0.5, 0.6) is 0 Å². The van der Waals surface area contributed by atoms with Crippen molar-refractivity contribution in [1.82, 2.24) is 29.4 Å². The Labute approximate surface area is 175 Å². The average Bonchev–Trinajstić information content (AvgIpc) is 3.45. The maximum absolute atomic E-state index is 4.65. The predicted molar refractivity (Wildman–Crippen MR) is 117 cm³/mol. The van der Waals surface area contributed by atoms with Crippen molar-refractivity contribution in [3.05, 3.63) is 54.1 Å². The molecule has 8 nitrogen and oxygen atoms in total. The van der Waals surface area contributed by atoms with Crippen molar-refractivity contribution in [2.75, 3.05) is 38.1 Å². The van der Waals surface area contributed by atoms with Crippen molar-refractivity contribution in [1.29, 1.82) is 0 Å². The summed E-state index contributed by atoms with van der Waals surface area (Å²) in [6.07, 6.45) is 2.87. The number of nitrogens with one attached hydrogen (secondary N) is 1. The molecule has 2 aromatic heterocycles. The topological polar surface area (TPSA) is 74.5 Å². The van der Waals surface area contributed by atoms with Crippen LogP contribution in [0.2, 0.25) is 0 Å². The Morgan fingerprint density at radius 2 is 1.93 bits per heavy atom. The molecule has 0 atom stereocenters. The van der Waals surface area contributed by atoms with Crippen LogP contribution in [0, 0.1) is 0 Å². The fourth-order valence-electron chi connectivity index (χ4n) is 3.31. The molecule has 152 valence electrons. The van der Waals surface area contributed by atoms with E-state index in [1.807, 2.05) is 54.3 Å². The van der Waals surface area contributed by atoms with Crippen LogP contribution in [0.25, 0.3) is 5.69 Å². The third-order valence-electron chi connectivity index (χ3n) is 4.93. The maximum Gasteiger partial charge on any atom is 0.205 e. The van der Waals surface area contributed by atoms with Gasteiger partial charge in [-0.15, -0.1) is 0 Å². The Bertz CT molecular complexity index is 940. The number of guanidine groups is 1. The highest BCUT2D eigenvalue weighted by Crippen LogP contribution is 2.19. The number of para-hydroxylation sites is 1. The largest absolute Gasteiger partial charge is 0.351 e. The van der Waals surface area contributed by atoms with Crippen LogP contribution < -0.4 is 10.2 Å². The van der Waals surface area contributed by atoms with E-state index in [1.54, 1.807) is 0 Å². The highest BCUT2D eigenvalue weighted by atomic mass is 32.1. The molecule has 0 amide bonds. The number of hydrogen-bond acceptors (Lipinski definition) is 6. The summed E-state index contributed by atoms with van der Waals surface area (Å²) in [4.78, 5) is 13.7. The second-order valence-corrected chi connectivity index (χ2v) is 7.54. The summed E-state index contributed by atoms with van der Waals surface area (Å²) >= 11 is 1.49. The summed E-state index contributed by atoms with van der Waals surface area (Å²) in [5.41, 5.74) is 2.04. The summed E-state index contributed by atoms with van der Waals surface area (Å²) in [6.45, 7) is 6.37. The molecule has 0 aliphatic carbocycles. The monoisotopic (exact) mass is 410 g/mol. The van der Waals surface area contributed by atoms with Gasteiger partial charge in [-0.2, -0.15) is 9.47 Å². The lowest BCUT2D eigenvalue weighted by Gasteiger charge is -2.36. The highest BCUT2D eigenvalue weighted by Gasteiger charge is 2.22. The maximum atomic E-state index is 4.65. The number of anilines is 1. The van der Waals surface area contributed by atoms with Crippen molar-refractivity contribution in [2.45, 2.75) is 19.9 Å². The number of aromatic nitrogens is 4. The molecular weight excluding hydrogens is 384 g/mol. The summed E-state index contributed by atoms with van der Waals surface area (Å²) in [5, 5.41) is 9.12. The summed E-state index contributed by atoms with van der Waals surface area (Å²) in [5.74, 6) is 1.84. The van der Waals surface area contributed by atoms with Gasteiger partial charge in [0.25, 0.3) is 0 Å².